The van der Waals surface area contributed by atoms with Crippen LogP contribution in [0.1, 0.15) is 5.56 Å². The van der Waals surface area contributed by atoms with Gasteiger partial charge in [-0.15, -0.1) is 0 Å². The van der Waals surface area contributed by atoms with Gasteiger partial charge < -0.3 is 14.7 Å². The summed E-state index contributed by atoms with van der Waals surface area (Å²) in [6.07, 6.45) is 1.68. The van der Waals surface area contributed by atoms with Gasteiger partial charge in [0, 0.05) is 10.9 Å². The van der Waals surface area contributed by atoms with Crippen molar-refractivity contribution in [2.24, 2.45) is 0 Å². The molecule has 2 N–H and O–H groups in total. The Morgan fingerprint density at radius 2 is 2.06 bits per heavy atom. The maximum absolute atomic E-state index is 5.63. The maximum Gasteiger partial charge on any atom is 0.225 e. The molecule has 0 amide bonds. The number of hydrogen-bond donors (Lipinski definition) is 1. The molecule has 0 fully saturated rings. The van der Waals surface area contributed by atoms with Gasteiger partial charge in [0.25, 0.3) is 0 Å². The average Bonchev–Trinajstić information content (AvgIpc) is 2.85. The number of nitrogen functional groups attached to an aromatic ring is 1. The van der Waals surface area contributed by atoms with Crippen LogP contribution in [-0.4, -0.2) is 5.16 Å². The summed E-state index contributed by atoms with van der Waals surface area (Å²) in [4.78, 5) is 0. The summed E-state index contributed by atoms with van der Waals surface area (Å²) in [6, 6.07) is 7.79. The summed E-state index contributed by atoms with van der Waals surface area (Å²) >= 11 is 0. The van der Waals surface area contributed by atoms with Crippen molar-refractivity contribution in [2.45, 2.75) is 6.92 Å². The lowest BCUT2D eigenvalue weighted by Gasteiger charge is -1.93. The number of para-hydroxylation sites is 1. The van der Waals surface area contributed by atoms with E-state index in [0.29, 0.717) is 5.88 Å². The molecule has 0 spiro atoms. The Morgan fingerprint density at radius 3 is 2.81 bits per heavy atom. The lowest BCUT2D eigenvalue weighted by Crippen LogP contribution is -1.84. The fourth-order valence-corrected chi connectivity index (χ4v) is 1.76. The highest BCUT2D eigenvalue weighted by atomic mass is 16.5. The number of rotatable bonds is 1. The molecule has 0 unspecified atom stereocenters. The van der Waals surface area contributed by atoms with Crippen molar-refractivity contribution in [1.29, 1.82) is 0 Å². The smallest absolute Gasteiger partial charge is 0.225 e. The van der Waals surface area contributed by atoms with E-state index in [2.05, 4.69) is 5.16 Å². The molecule has 0 aliphatic rings. The van der Waals surface area contributed by atoms with Crippen molar-refractivity contribution in [2.75, 3.05) is 5.73 Å². The molecule has 4 heteroatoms. The second kappa shape index (κ2) is 3.13. The Kier molecular flexibility index (Phi) is 1.77. The van der Waals surface area contributed by atoms with Crippen LogP contribution in [0.2, 0.25) is 0 Å². The highest BCUT2D eigenvalue weighted by Gasteiger charge is 2.15. The summed E-state index contributed by atoms with van der Waals surface area (Å²) in [7, 11) is 0. The van der Waals surface area contributed by atoms with Crippen molar-refractivity contribution < 1.29 is 8.94 Å². The molecule has 0 bridgehead atoms. The quantitative estimate of drug-likeness (QED) is 0.676. The number of hydrogen-bond acceptors (Lipinski definition) is 4. The van der Waals surface area contributed by atoms with E-state index in [1.54, 1.807) is 6.26 Å². The van der Waals surface area contributed by atoms with Crippen molar-refractivity contribution >= 4 is 16.9 Å². The number of furan rings is 1. The second-order valence-corrected chi connectivity index (χ2v) is 3.67. The van der Waals surface area contributed by atoms with Gasteiger partial charge >= 0.3 is 0 Å². The zero-order valence-corrected chi connectivity index (χ0v) is 8.73. The van der Waals surface area contributed by atoms with Gasteiger partial charge in [0.15, 0.2) is 0 Å². The average molecular weight is 214 g/mol. The fourth-order valence-electron chi connectivity index (χ4n) is 1.76. The predicted molar refractivity (Wildman–Crippen MR) is 60.9 cm³/mol. The van der Waals surface area contributed by atoms with Gasteiger partial charge in [0.1, 0.15) is 17.5 Å². The van der Waals surface area contributed by atoms with Crippen LogP contribution in [0.5, 0.6) is 0 Å². The molecule has 0 aliphatic heterocycles. The first-order valence-corrected chi connectivity index (χ1v) is 4.95. The Morgan fingerprint density at radius 1 is 1.25 bits per heavy atom. The van der Waals surface area contributed by atoms with E-state index in [1.165, 1.54) is 0 Å². The highest BCUT2D eigenvalue weighted by Crippen LogP contribution is 2.33. The van der Waals surface area contributed by atoms with E-state index in [4.69, 9.17) is 14.7 Å². The molecular formula is C12H10N2O2. The highest BCUT2D eigenvalue weighted by molar-refractivity contribution is 5.93. The van der Waals surface area contributed by atoms with Crippen LogP contribution in [-0.2, 0) is 0 Å². The van der Waals surface area contributed by atoms with Crippen molar-refractivity contribution in [3.63, 3.8) is 0 Å². The number of anilines is 1. The Hall–Kier alpha value is -2.23. The molecule has 3 rings (SSSR count). The van der Waals surface area contributed by atoms with E-state index in [9.17, 15) is 0 Å². The topological polar surface area (TPSA) is 65.2 Å². The van der Waals surface area contributed by atoms with Gasteiger partial charge in [-0.1, -0.05) is 23.4 Å². The third-order valence-corrected chi connectivity index (χ3v) is 2.70. The van der Waals surface area contributed by atoms with E-state index < -0.39 is 0 Å². The number of nitrogens with zero attached hydrogens (tertiary/aromatic N) is 1. The zero-order valence-electron chi connectivity index (χ0n) is 8.73. The molecule has 2 aromatic heterocycles. The minimum absolute atomic E-state index is 0.347. The van der Waals surface area contributed by atoms with Crippen LogP contribution in [0, 0.1) is 6.92 Å². The normalized spacial score (nSPS) is 11.1. The predicted octanol–water partition coefficient (Wildman–Crippen LogP) is 2.98. The maximum atomic E-state index is 5.63. The van der Waals surface area contributed by atoms with Crippen molar-refractivity contribution in [1.82, 2.24) is 5.16 Å². The monoisotopic (exact) mass is 214 g/mol. The largest absolute Gasteiger partial charge is 0.464 e. The lowest BCUT2D eigenvalue weighted by molar-refractivity contribution is 0.438. The number of aromatic nitrogens is 1. The van der Waals surface area contributed by atoms with E-state index in [-0.39, 0.29) is 0 Å². The number of benzene rings is 1. The molecule has 2 heterocycles. The summed E-state index contributed by atoms with van der Waals surface area (Å²) in [5.41, 5.74) is 8.95. The molecule has 0 saturated heterocycles. The summed E-state index contributed by atoms with van der Waals surface area (Å²) in [5.74, 6) is 0.347. The van der Waals surface area contributed by atoms with Crippen LogP contribution in [0.3, 0.4) is 0 Å². The van der Waals surface area contributed by atoms with Gasteiger partial charge in [0.2, 0.25) is 5.88 Å². The van der Waals surface area contributed by atoms with Gasteiger partial charge in [0.05, 0.1) is 5.56 Å². The molecule has 0 aliphatic carbocycles. The standard InChI is InChI=1S/C12H10N2O2/c1-7-11(14-16-12(7)13)9-6-15-10-5-3-2-4-8(9)10/h2-6H,13H2,1H3. The first-order chi connectivity index (χ1) is 7.77. The Bertz CT molecular complexity index is 652. The Balaban J connectivity index is 2.30. The molecule has 3 aromatic rings. The third-order valence-electron chi connectivity index (χ3n) is 2.70. The molecule has 0 atom stereocenters. The molecule has 80 valence electrons. The first kappa shape index (κ1) is 9.03. The second-order valence-electron chi connectivity index (χ2n) is 3.67. The van der Waals surface area contributed by atoms with Crippen LogP contribution < -0.4 is 5.73 Å². The molecular weight excluding hydrogens is 204 g/mol. The van der Waals surface area contributed by atoms with Crippen LogP contribution in [0.4, 0.5) is 5.88 Å². The van der Waals surface area contributed by atoms with Gasteiger partial charge in [-0.3, -0.25) is 0 Å². The van der Waals surface area contributed by atoms with Crippen molar-refractivity contribution in [3.05, 3.63) is 36.1 Å². The Labute approximate surface area is 91.6 Å². The van der Waals surface area contributed by atoms with E-state index >= 15 is 0 Å². The fraction of sp³-hybridized carbons (Fsp3) is 0.0833. The van der Waals surface area contributed by atoms with Gasteiger partial charge in [-0.2, -0.15) is 0 Å². The molecule has 4 nitrogen and oxygen atoms in total. The van der Waals surface area contributed by atoms with Crippen LogP contribution in [0.15, 0.2) is 39.5 Å². The summed E-state index contributed by atoms with van der Waals surface area (Å²) in [5, 5.41) is 4.96. The van der Waals surface area contributed by atoms with Crippen LogP contribution in [0.25, 0.3) is 22.2 Å². The number of fused-ring (bicyclic) bond motifs is 1. The molecule has 0 saturated carbocycles. The number of nitrogens with two attached hydrogens (primary N) is 1. The minimum atomic E-state index is 0.347. The summed E-state index contributed by atoms with van der Waals surface area (Å²) < 4.78 is 10.4. The minimum Gasteiger partial charge on any atom is -0.464 e. The molecule has 16 heavy (non-hydrogen) atoms. The van der Waals surface area contributed by atoms with Gasteiger partial charge in [-0.05, 0) is 13.0 Å². The van der Waals surface area contributed by atoms with Crippen molar-refractivity contribution in [3.8, 4) is 11.3 Å². The summed E-state index contributed by atoms with van der Waals surface area (Å²) in [6.45, 7) is 1.88. The van der Waals surface area contributed by atoms with Crippen LogP contribution >= 0.6 is 0 Å². The first-order valence-electron chi connectivity index (χ1n) is 4.95. The van der Waals surface area contributed by atoms with E-state index in [1.807, 2.05) is 31.2 Å². The molecule has 1 aromatic carbocycles. The lowest BCUT2D eigenvalue weighted by atomic mass is 10.1. The zero-order chi connectivity index (χ0) is 11.1. The molecule has 0 radical (unpaired) electrons. The van der Waals surface area contributed by atoms with E-state index in [0.717, 1.165) is 27.8 Å². The van der Waals surface area contributed by atoms with Gasteiger partial charge in [-0.25, -0.2) is 0 Å². The third kappa shape index (κ3) is 1.13. The SMILES string of the molecule is Cc1c(-c2coc3ccccc23)noc1N.